The van der Waals surface area contributed by atoms with Gasteiger partial charge in [-0.2, -0.15) is 0 Å². The molecule has 0 spiro atoms. The van der Waals surface area contributed by atoms with E-state index in [1.165, 1.54) is 5.56 Å². The maximum atomic E-state index is 5.91. The van der Waals surface area contributed by atoms with E-state index in [1.54, 1.807) is 14.2 Å². The van der Waals surface area contributed by atoms with Gasteiger partial charge in [-0.3, -0.25) is 4.99 Å². The van der Waals surface area contributed by atoms with Crippen LogP contribution in [0.1, 0.15) is 37.0 Å². The molecule has 2 N–H and O–H groups in total. The lowest BCUT2D eigenvalue weighted by Crippen LogP contribution is -2.37. The maximum absolute atomic E-state index is 5.91. The molecule has 164 valence electrons. The average molecular weight is 414 g/mol. The van der Waals surface area contributed by atoms with Crippen LogP contribution in [0.2, 0.25) is 0 Å². The number of hydrogen-bond donors (Lipinski definition) is 2. The molecule has 1 unspecified atom stereocenters. The van der Waals surface area contributed by atoms with Crippen LogP contribution in [0.3, 0.4) is 0 Å². The van der Waals surface area contributed by atoms with Gasteiger partial charge in [-0.25, -0.2) is 0 Å². The van der Waals surface area contributed by atoms with Crippen molar-refractivity contribution in [3.8, 4) is 5.75 Å². The zero-order valence-corrected chi connectivity index (χ0v) is 18.4. The van der Waals surface area contributed by atoms with Gasteiger partial charge in [0.25, 0.3) is 0 Å². The molecule has 30 heavy (non-hydrogen) atoms. The highest BCUT2D eigenvalue weighted by Gasteiger charge is 2.05. The van der Waals surface area contributed by atoms with Gasteiger partial charge >= 0.3 is 0 Å². The minimum atomic E-state index is 0.104. The average Bonchev–Trinajstić information content (AvgIpc) is 2.79. The first-order valence-corrected chi connectivity index (χ1v) is 10.5. The summed E-state index contributed by atoms with van der Waals surface area (Å²) in [6, 6.07) is 18.4. The van der Waals surface area contributed by atoms with Gasteiger partial charge in [-0.1, -0.05) is 42.5 Å². The molecular formula is C24H35N3O3. The molecule has 0 saturated carbocycles. The summed E-state index contributed by atoms with van der Waals surface area (Å²) in [7, 11) is 3.48. The topological polar surface area (TPSA) is 64.1 Å². The van der Waals surface area contributed by atoms with Crippen molar-refractivity contribution < 1.29 is 14.2 Å². The highest BCUT2D eigenvalue weighted by Crippen LogP contribution is 2.16. The molecule has 0 bridgehead atoms. The summed E-state index contributed by atoms with van der Waals surface area (Å²) in [4.78, 5) is 4.28. The monoisotopic (exact) mass is 413 g/mol. The number of hydrogen-bond acceptors (Lipinski definition) is 4. The lowest BCUT2D eigenvalue weighted by Gasteiger charge is -2.15. The fourth-order valence-electron chi connectivity index (χ4n) is 2.90. The van der Waals surface area contributed by atoms with Crippen molar-refractivity contribution in [1.29, 1.82) is 0 Å². The fraction of sp³-hybridized carbons (Fsp3) is 0.458. The number of nitrogens with zero attached hydrogens (tertiary/aromatic N) is 1. The first kappa shape index (κ1) is 23.7. The maximum Gasteiger partial charge on any atom is 0.191 e. The van der Waals surface area contributed by atoms with Gasteiger partial charge in [0.2, 0.25) is 0 Å². The summed E-state index contributed by atoms with van der Waals surface area (Å²) < 4.78 is 16.7. The van der Waals surface area contributed by atoms with Crippen LogP contribution in [0.15, 0.2) is 59.6 Å². The van der Waals surface area contributed by atoms with Gasteiger partial charge in [0.1, 0.15) is 5.75 Å². The van der Waals surface area contributed by atoms with E-state index >= 15 is 0 Å². The lowest BCUT2D eigenvalue weighted by molar-refractivity contribution is 0.0646. The zero-order valence-electron chi connectivity index (χ0n) is 18.4. The van der Waals surface area contributed by atoms with Gasteiger partial charge in [0.05, 0.1) is 12.7 Å². The lowest BCUT2D eigenvalue weighted by atomic mass is 10.1. The quantitative estimate of drug-likeness (QED) is 0.296. The third-order valence-electron chi connectivity index (χ3n) is 4.59. The van der Waals surface area contributed by atoms with Gasteiger partial charge in [0, 0.05) is 46.9 Å². The molecule has 0 fully saturated rings. The van der Waals surface area contributed by atoms with Crippen LogP contribution in [-0.2, 0) is 16.0 Å². The van der Waals surface area contributed by atoms with E-state index in [9.17, 15) is 0 Å². The summed E-state index contributed by atoms with van der Waals surface area (Å²) >= 11 is 0. The van der Waals surface area contributed by atoms with Crippen LogP contribution in [0.4, 0.5) is 0 Å². The van der Waals surface area contributed by atoms with Crippen molar-refractivity contribution in [1.82, 2.24) is 10.6 Å². The summed E-state index contributed by atoms with van der Waals surface area (Å²) in [5.74, 6) is 1.65. The summed E-state index contributed by atoms with van der Waals surface area (Å²) in [6.45, 7) is 5.61. The molecule has 2 rings (SSSR count). The SMILES string of the molecule is CN=C(NCCCOC(C)c1ccccc1)NCc1cccc(OCCCOC)c1. The second kappa shape index (κ2) is 14.4. The normalized spacial score (nSPS) is 12.4. The Labute approximate surface area is 180 Å². The Hall–Kier alpha value is -2.57. The zero-order chi connectivity index (χ0) is 21.4. The van der Waals surface area contributed by atoms with Gasteiger partial charge in [-0.05, 0) is 36.6 Å². The molecule has 0 heterocycles. The number of methoxy groups -OCH3 is 1. The van der Waals surface area contributed by atoms with E-state index in [2.05, 4.69) is 40.7 Å². The first-order valence-electron chi connectivity index (χ1n) is 10.5. The van der Waals surface area contributed by atoms with Crippen molar-refractivity contribution in [2.75, 3.05) is 40.5 Å². The van der Waals surface area contributed by atoms with Crippen LogP contribution in [-0.4, -0.2) is 46.5 Å². The molecule has 1 atom stereocenters. The minimum absolute atomic E-state index is 0.104. The minimum Gasteiger partial charge on any atom is -0.493 e. The van der Waals surface area contributed by atoms with Crippen molar-refractivity contribution in [2.45, 2.75) is 32.4 Å². The molecule has 0 amide bonds. The molecule has 0 saturated heterocycles. The van der Waals surface area contributed by atoms with Crippen molar-refractivity contribution in [3.63, 3.8) is 0 Å². The molecule has 0 aliphatic heterocycles. The van der Waals surface area contributed by atoms with Crippen LogP contribution >= 0.6 is 0 Å². The second-order valence-corrected chi connectivity index (χ2v) is 6.97. The molecule has 0 aliphatic rings. The van der Waals surface area contributed by atoms with E-state index in [-0.39, 0.29) is 6.10 Å². The Kier molecular flexibility index (Phi) is 11.4. The molecule has 0 aliphatic carbocycles. The van der Waals surface area contributed by atoms with Gasteiger partial charge in [-0.15, -0.1) is 0 Å². The smallest absolute Gasteiger partial charge is 0.191 e. The third kappa shape index (κ3) is 9.29. The summed E-state index contributed by atoms with van der Waals surface area (Å²) in [6.07, 6.45) is 1.89. The number of benzene rings is 2. The molecule has 6 heteroatoms. The van der Waals surface area contributed by atoms with E-state index < -0.39 is 0 Å². The van der Waals surface area contributed by atoms with Crippen molar-refractivity contribution in [3.05, 3.63) is 65.7 Å². The summed E-state index contributed by atoms with van der Waals surface area (Å²) in [5, 5.41) is 6.67. The predicted octanol–water partition coefficient (Wildman–Crippen LogP) is 3.93. The molecule has 2 aromatic carbocycles. The highest BCUT2D eigenvalue weighted by atomic mass is 16.5. The predicted molar refractivity (Wildman–Crippen MR) is 122 cm³/mol. The molecular weight excluding hydrogens is 378 g/mol. The molecule has 2 aromatic rings. The van der Waals surface area contributed by atoms with Crippen LogP contribution < -0.4 is 15.4 Å². The van der Waals surface area contributed by atoms with E-state index in [0.29, 0.717) is 26.4 Å². The van der Waals surface area contributed by atoms with E-state index in [1.807, 2.05) is 36.4 Å². The number of nitrogens with one attached hydrogen (secondary N) is 2. The summed E-state index contributed by atoms with van der Waals surface area (Å²) in [5.41, 5.74) is 2.34. The molecule has 0 aromatic heterocycles. The van der Waals surface area contributed by atoms with E-state index in [0.717, 1.165) is 36.7 Å². The van der Waals surface area contributed by atoms with Gasteiger partial charge in [0.15, 0.2) is 5.96 Å². The van der Waals surface area contributed by atoms with Crippen LogP contribution in [0, 0.1) is 0 Å². The Morgan fingerprint density at radius 3 is 2.57 bits per heavy atom. The Bertz CT molecular complexity index is 737. The van der Waals surface area contributed by atoms with Gasteiger partial charge < -0.3 is 24.8 Å². The van der Waals surface area contributed by atoms with Crippen molar-refractivity contribution >= 4 is 5.96 Å². The number of ether oxygens (including phenoxy) is 3. The highest BCUT2D eigenvalue weighted by molar-refractivity contribution is 5.79. The molecule has 0 radical (unpaired) electrons. The Morgan fingerprint density at radius 1 is 0.967 bits per heavy atom. The standard InChI is InChI=1S/C24H35N3O3/c1-20(22-11-5-4-6-12-22)29-16-8-14-26-24(25-2)27-19-21-10-7-13-23(18-21)30-17-9-15-28-3/h4-7,10-13,18,20H,8-9,14-17,19H2,1-3H3,(H2,25,26,27). The first-order chi connectivity index (χ1) is 14.7. The molecule has 6 nitrogen and oxygen atoms in total. The van der Waals surface area contributed by atoms with Crippen molar-refractivity contribution in [2.24, 2.45) is 4.99 Å². The van der Waals surface area contributed by atoms with E-state index in [4.69, 9.17) is 14.2 Å². The van der Waals surface area contributed by atoms with Crippen LogP contribution in [0.25, 0.3) is 0 Å². The Morgan fingerprint density at radius 2 is 1.80 bits per heavy atom. The number of rotatable bonds is 13. The fourth-order valence-corrected chi connectivity index (χ4v) is 2.90. The number of guanidine groups is 1. The second-order valence-electron chi connectivity index (χ2n) is 6.97. The third-order valence-corrected chi connectivity index (χ3v) is 4.59. The Balaban J connectivity index is 1.64. The number of aliphatic imine (C=N–C) groups is 1. The van der Waals surface area contributed by atoms with Crippen LogP contribution in [0.5, 0.6) is 5.75 Å². The largest absolute Gasteiger partial charge is 0.493 e.